The molecule has 0 radical (unpaired) electrons. The van der Waals surface area contributed by atoms with Crippen molar-refractivity contribution in [2.75, 3.05) is 0 Å². The molecular formula is C23H12N2O. The molecule has 0 atom stereocenters. The molecule has 0 fully saturated rings. The molecule has 1 aliphatic heterocycles. The Morgan fingerprint density at radius 1 is 0.731 bits per heavy atom. The molecular weight excluding hydrogens is 320 g/mol. The van der Waals surface area contributed by atoms with Crippen LogP contribution in [0, 0.1) is 11.3 Å². The fourth-order valence-electron chi connectivity index (χ4n) is 4.07. The maximum atomic E-state index is 9.44. The van der Waals surface area contributed by atoms with E-state index in [-0.39, 0.29) is 0 Å². The lowest BCUT2D eigenvalue weighted by Gasteiger charge is -2.21. The molecule has 0 amide bonds. The van der Waals surface area contributed by atoms with Crippen molar-refractivity contribution < 1.29 is 4.74 Å². The summed E-state index contributed by atoms with van der Waals surface area (Å²) in [5.74, 6) is 1.64. The first kappa shape index (κ1) is 13.5. The van der Waals surface area contributed by atoms with E-state index in [9.17, 15) is 5.26 Å². The van der Waals surface area contributed by atoms with Crippen molar-refractivity contribution in [1.82, 2.24) is 4.98 Å². The number of benzene rings is 4. The van der Waals surface area contributed by atoms with Gasteiger partial charge in [-0.15, -0.1) is 0 Å². The van der Waals surface area contributed by atoms with Crippen LogP contribution in [0.3, 0.4) is 0 Å². The number of nitrogens with zero attached hydrogens (tertiary/aromatic N) is 1. The molecule has 26 heavy (non-hydrogen) atoms. The number of aromatic nitrogens is 1. The van der Waals surface area contributed by atoms with Gasteiger partial charge in [0.15, 0.2) is 0 Å². The largest absolute Gasteiger partial charge is 0.456 e. The van der Waals surface area contributed by atoms with Crippen molar-refractivity contribution >= 4 is 32.6 Å². The highest BCUT2D eigenvalue weighted by molar-refractivity contribution is 6.12. The first-order valence-corrected chi connectivity index (χ1v) is 8.52. The molecule has 6 rings (SSSR count). The Bertz CT molecular complexity index is 1420. The number of ether oxygens (including phenoxy) is 1. The number of nitriles is 1. The first-order chi connectivity index (χ1) is 12.8. The van der Waals surface area contributed by atoms with Crippen LogP contribution in [-0.4, -0.2) is 4.98 Å². The Kier molecular flexibility index (Phi) is 2.42. The molecule has 3 heteroatoms. The monoisotopic (exact) mass is 332 g/mol. The van der Waals surface area contributed by atoms with Gasteiger partial charge in [0.25, 0.3) is 0 Å². The Balaban J connectivity index is 1.77. The molecule has 1 aromatic heterocycles. The maximum absolute atomic E-state index is 9.44. The van der Waals surface area contributed by atoms with Crippen LogP contribution in [-0.2, 0) is 0 Å². The van der Waals surface area contributed by atoms with Crippen molar-refractivity contribution in [3.05, 3.63) is 72.3 Å². The topological polar surface area (TPSA) is 48.8 Å². The fourth-order valence-corrected chi connectivity index (χ4v) is 4.07. The highest BCUT2D eigenvalue weighted by atomic mass is 16.5. The average molecular weight is 332 g/mol. The summed E-state index contributed by atoms with van der Waals surface area (Å²) in [6.45, 7) is 0. The zero-order chi connectivity index (χ0) is 17.3. The highest BCUT2D eigenvalue weighted by Crippen LogP contribution is 2.48. The van der Waals surface area contributed by atoms with Crippen LogP contribution < -0.4 is 4.74 Å². The van der Waals surface area contributed by atoms with Gasteiger partial charge in [0.05, 0.1) is 17.1 Å². The summed E-state index contributed by atoms with van der Waals surface area (Å²) in [4.78, 5) is 3.47. The second-order valence-electron chi connectivity index (χ2n) is 6.62. The number of hydrogen-bond acceptors (Lipinski definition) is 2. The normalized spacial score (nSPS) is 12.1. The van der Waals surface area contributed by atoms with E-state index in [1.165, 1.54) is 10.8 Å². The summed E-state index contributed by atoms with van der Waals surface area (Å²) < 4.78 is 6.22. The van der Waals surface area contributed by atoms with Gasteiger partial charge in [-0.05, 0) is 29.8 Å². The number of rotatable bonds is 0. The van der Waals surface area contributed by atoms with Gasteiger partial charge in [0, 0.05) is 38.7 Å². The quantitative estimate of drug-likeness (QED) is 0.364. The molecule has 0 saturated carbocycles. The molecule has 1 N–H and O–H groups in total. The van der Waals surface area contributed by atoms with Crippen LogP contribution in [0.15, 0.2) is 66.7 Å². The third-order valence-electron chi connectivity index (χ3n) is 5.24. The minimum atomic E-state index is 0.672. The molecule has 0 spiro atoms. The molecule has 0 unspecified atom stereocenters. The second kappa shape index (κ2) is 4.65. The van der Waals surface area contributed by atoms with E-state index in [0.29, 0.717) is 5.56 Å². The standard InChI is InChI=1S/C23H12N2O/c24-12-13-8-9-16-18-10-17-15-4-1-2-6-19(15)25-20(17)11-22(18)26-21-7-3-5-14(13)23(16)21/h1-11,25H. The molecule has 3 nitrogen and oxygen atoms in total. The lowest BCUT2D eigenvalue weighted by molar-refractivity contribution is 0.487. The molecule has 1 aliphatic rings. The Hall–Kier alpha value is -3.77. The van der Waals surface area contributed by atoms with Gasteiger partial charge in [0.2, 0.25) is 0 Å². The maximum Gasteiger partial charge on any atom is 0.137 e. The van der Waals surface area contributed by atoms with E-state index in [4.69, 9.17) is 4.74 Å². The van der Waals surface area contributed by atoms with Crippen molar-refractivity contribution in [3.63, 3.8) is 0 Å². The van der Waals surface area contributed by atoms with Gasteiger partial charge in [-0.3, -0.25) is 0 Å². The number of H-pyrrole nitrogens is 1. The van der Waals surface area contributed by atoms with Gasteiger partial charge >= 0.3 is 0 Å². The number of nitrogens with one attached hydrogen (secondary N) is 1. The number of aromatic amines is 1. The Morgan fingerprint density at radius 2 is 1.62 bits per heavy atom. The summed E-state index contributed by atoms with van der Waals surface area (Å²) >= 11 is 0. The summed E-state index contributed by atoms with van der Waals surface area (Å²) in [5.41, 5.74) is 5.03. The van der Waals surface area contributed by atoms with E-state index in [1.54, 1.807) is 0 Å². The van der Waals surface area contributed by atoms with E-state index in [1.807, 2.05) is 36.4 Å². The predicted molar refractivity (Wildman–Crippen MR) is 104 cm³/mol. The second-order valence-corrected chi connectivity index (χ2v) is 6.62. The van der Waals surface area contributed by atoms with Gasteiger partial charge in [0.1, 0.15) is 11.5 Å². The van der Waals surface area contributed by atoms with Crippen molar-refractivity contribution in [1.29, 1.82) is 5.26 Å². The van der Waals surface area contributed by atoms with Gasteiger partial charge in [-0.1, -0.05) is 36.4 Å². The van der Waals surface area contributed by atoms with E-state index in [2.05, 4.69) is 41.4 Å². The third-order valence-corrected chi connectivity index (χ3v) is 5.24. The molecule has 0 saturated heterocycles. The van der Waals surface area contributed by atoms with E-state index < -0.39 is 0 Å². The van der Waals surface area contributed by atoms with Gasteiger partial charge in [-0.2, -0.15) is 5.26 Å². The van der Waals surface area contributed by atoms with Crippen LogP contribution in [0.1, 0.15) is 5.56 Å². The molecule has 2 heterocycles. The SMILES string of the molecule is N#Cc1ccc2c3c(cccc13)Oc1cc3[nH]c4ccccc4c3cc1-2. The Morgan fingerprint density at radius 3 is 2.54 bits per heavy atom. The van der Waals surface area contributed by atoms with Crippen LogP contribution in [0.4, 0.5) is 0 Å². The summed E-state index contributed by atoms with van der Waals surface area (Å²) in [7, 11) is 0. The van der Waals surface area contributed by atoms with Crippen molar-refractivity contribution in [2.24, 2.45) is 0 Å². The predicted octanol–water partition coefficient (Wildman–Crippen LogP) is 6.12. The van der Waals surface area contributed by atoms with Crippen LogP contribution in [0.2, 0.25) is 0 Å². The highest BCUT2D eigenvalue weighted by Gasteiger charge is 2.22. The molecule has 0 aliphatic carbocycles. The molecule has 120 valence electrons. The van der Waals surface area contributed by atoms with Crippen molar-refractivity contribution in [2.45, 2.75) is 0 Å². The van der Waals surface area contributed by atoms with E-state index >= 15 is 0 Å². The minimum absolute atomic E-state index is 0.672. The molecule has 5 aromatic rings. The minimum Gasteiger partial charge on any atom is -0.456 e. The lowest BCUT2D eigenvalue weighted by Crippen LogP contribution is -1.98. The number of hydrogen-bond donors (Lipinski definition) is 1. The van der Waals surface area contributed by atoms with E-state index in [0.717, 1.165) is 44.4 Å². The number of para-hydroxylation sites is 1. The smallest absolute Gasteiger partial charge is 0.137 e. The zero-order valence-electron chi connectivity index (χ0n) is 13.7. The summed E-state index contributed by atoms with van der Waals surface area (Å²) in [5, 5.41) is 13.8. The van der Waals surface area contributed by atoms with Gasteiger partial charge < -0.3 is 9.72 Å². The number of fused-ring (bicyclic) bond motifs is 5. The zero-order valence-corrected chi connectivity index (χ0v) is 13.7. The Labute approximate surface area is 149 Å². The average Bonchev–Trinajstić information content (AvgIpc) is 3.04. The summed E-state index contributed by atoms with van der Waals surface area (Å²) in [6, 6.07) is 24.7. The first-order valence-electron chi connectivity index (χ1n) is 8.52. The van der Waals surface area contributed by atoms with Crippen LogP contribution >= 0.6 is 0 Å². The van der Waals surface area contributed by atoms with Crippen LogP contribution in [0.25, 0.3) is 43.7 Å². The van der Waals surface area contributed by atoms with Gasteiger partial charge in [-0.25, -0.2) is 0 Å². The fraction of sp³-hybridized carbons (Fsp3) is 0. The molecule has 4 aromatic carbocycles. The molecule has 0 bridgehead atoms. The summed E-state index contributed by atoms with van der Waals surface area (Å²) in [6.07, 6.45) is 0. The van der Waals surface area contributed by atoms with Crippen LogP contribution in [0.5, 0.6) is 11.5 Å². The third kappa shape index (κ3) is 1.61. The lowest BCUT2D eigenvalue weighted by atomic mass is 9.91. The van der Waals surface area contributed by atoms with Crippen molar-refractivity contribution in [3.8, 4) is 28.7 Å².